The summed E-state index contributed by atoms with van der Waals surface area (Å²) in [5.41, 5.74) is 3.53. The van der Waals surface area contributed by atoms with Crippen molar-refractivity contribution < 1.29 is 5.11 Å². The van der Waals surface area contributed by atoms with Crippen LogP contribution in [0.5, 0.6) is 0 Å². The van der Waals surface area contributed by atoms with Gasteiger partial charge < -0.3 is 5.11 Å². The quantitative estimate of drug-likeness (QED) is 0.747. The third kappa shape index (κ3) is 3.38. The zero-order valence-corrected chi connectivity index (χ0v) is 12.3. The summed E-state index contributed by atoms with van der Waals surface area (Å²) in [6.45, 7) is 0.144. The number of aliphatic hydroxyl groups excluding tert-OH is 1. The van der Waals surface area contributed by atoms with Crippen molar-refractivity contribution in [3.05, 3.63) is 78.0 Å². The number of fused-ring (bicyclic) bond motifs is 2. The van der Waals surface area contributed by atoms with E-state index in [1.54, 1.807) is 0 Å². The lowest BCUT2D eigenvalue weighted by atomic mass is 9.99. The van der Waals surface area contributed by atoms with Gasteiger partial charge in [0.2, 0.25) is 0 Å². The number of nitrogens with zero attached hydrogens (tertiary/aromatic N) is 2. The first-order valence-electron chi connectivity index (χ1n) is 7.38. The molecule has 2 heterocycles. The number of aromatic nitrogens is 1. The number of aliphatic hydroxyl groups is 1. The van der Waals surface area contributed by atoms with E-state index in [1.807, 2.05) is 54.9 Å². The molecule has 0 radical (unpaired) electrons. The summed E-state index contributed by atoms with van der Waals surface area (Å²) in [5, 5.41) is 10.1. The Hall–Kier alpha value is -2.52. The van der Waals surface area contributed by atoms with Gasteiger partial charge in [-0.2, -0.15) is 0 Å². The lowest BCUT2D eigenvalue weighted by Crippen LogP contribution is -2.18. The van der Waals surface area contributed by atoms with Crippen LogP contribution in [0.3, 0.4) is 0 Å². The number of pyridine rings is 1. The van der Waals surface area contributed by atoms with E-state index in [0.717, 1.165) is 11.9 Å². The monoisotopic (exact) mass is 290 g/mol. The highest BCUT2D eigenvalue weighted by atomic mass is 16.3. The smallest absolute Gasteiger partial charge is 0.0770 e. The van der Waals surface area contributed by atoms with E-state index in [9.17, 15) is 0 Å². The average Bonchev–Trinajstić information content (AvgIpc) is 2.62. The molecule has 110 valence electrons. The molecule has 1 atom stereocenters. The summed E-state index contributed by atoms with van der Waals surface area (Å²) >= 11 is 0. The van der Waals surface area contributed by atoms with Crippen LogP contribution in [0, 0.1) is 0 Å². The van der Waals surface area contributed by atoms with Gasteiger partial charge in [0.05, 0.1) is 18.2 Å². The number of rotatable bonds is 1. The van der Waals surface area contributed by atoms with Crippen molar-refractivity contribution in [2.24, 2.45) is 4.99 Å². The summed E-state index contributed by atoms with van der Waals surface area (Å²) in [4.78, 5) is 8.40. The van der Waals surface area contributed by atoms with Crippen LogP contribution in [0.1, 0.15) is 11.1 Å². The molecule has 1 aliphatic rings. The summed E-state index contributed by atoms with van der Waals surface area (Å²) in [7, 11) is 0. The molecule has 0 fully saturated rings. The molecule has 0 saturated heterocycles. The van der Waals surface area contributed by atoms with Gasteiger partial charge in [-0.25, -0.2) is 0 Å². The maximum atomic E-state index is 8.90. The maximum absolute atomic E-state index is 8.90. The fourth-order valence-corrected chi connectivity index (χ4v) is 2.47. The number of hydrogen-bond acceptors (Lipinski definition) is 3. The zero-order chi connectivity index (χ0) is 15.2. The number of hydrogen-bond donors (Lipinski definition) is 1. The van der Waals surface area contributed by atoms with Crippen molar-refractivity contribution in [3.63, 3.8) is 0 Å². The molecule has 4 rings (SSSR count). The third-order valence-corrected chi connectivity index (χ3v) is 3.66. The highest BCUT2D eigenvalue weighted by Gasteiger charge is 2.12. The topological polar surface area (TPSA) is 45.5 Å². The first-order valence-corrected chi connectivity index (χ1v) is 7.38. The van der Waals surface area contributed by atoms with E-state index in [0.29, 0.717) is 0 Å². The molecule has 1 aromatic heterocycles. The van der Waals surface area contributed by atoms with Crippen molar-refractivity contribution >= 4 is 17.1 Å². The van der Waals surface area contributed by atoms with Crippen LogP contribution in [0.4, 0.5) is 0 Å². The Bertz CT molecular complexity index is 718. The minimum atomic E-state index is 0.0694. The van der Waals surface area contributed by atoms with Crippen molar-refractivity contribution in [1.82, 2.24) is 4.98 Å². The second kappa shape index (κ2) is 6.96. The molecule has 0 spiro atoms. The molecule has 0 aliphatic carbocycles. The summed E-state index contributed by atoms with van der Waals surface area (Å²) < 4.78 is 0. The Kier molecular flexibility index (Phi) is 4.56. The van der Waals surface area contributed by atoms with E-state index in [2.05, 4.69) is 28.2 Å². The molecule has 3 aromatic rings. The van der Waals surface area contributed by atoms with Crippen LogP contribution in [-0.4, -0.2) is 29.0 Å². The second-order valence-electron chi connectivity index (χ2n) is 5.21. The predicted molar refractivity (Wildman–Crippen MR) is 90.4 cm³/mol. The van der Waals surface area contributed by atoms with Crippen molar-refractivity contribution in [1.29, 1.82) is 0 Å². The Morgan fingerprint density at radius 2 is 1.73 bits per heavy atom. The number of aliphatic imine (C=N–C) groups is 1. The van der Waals surface area contributed by atoms with Gasteiger partial charge in [0.25, 0.3) is 0 Å². The van der Waals surface area contributed by atoms with Crippen LogP contribution in [0.2, 0.25) is 0 Å². The number of para-hydroxylation sites is 1. The Morgan fingerprint density at radius 3 is 2.59 bits per heavy atom. The van der Waals surface area contributed by atoms with Gasteiger partial charge in [-0.15, -0.1) is 0 Å². The molecule has 22 heavy (non-hydrogen) atoms. The molecule has 1 N–H and O–H groups in total. The fraction of sp³-hybridized carbons (Fsp3) is 0.158. The van der Waals surface area contributed by atoms with E-state index in [4.69, 9.17) is 5.11 Å². The highest BCUT2D eigenvalue weighted by molar-refractivity contribution is 5.83. The average molecular weight is 290 g/mol. The fourth-order valence-electron chi connectivity index (χ4n) is 2.47. The van der Waals surface area contributed by atoms with E-state index >= 15 is 0 Å². The summed E-state index contributed by atoms with van der Waals surface area (Å²) in [6, 6.07) is 20.3. The number of benzene rings is 2. The highest BCUT2D eigenvalue weighted by Crippen LogP contribution is 2.15. The van der Waals surface area contributed by atoms with Crippen LogP contribution < -0.4 is 0 Å². The minimum Gasteiger partial charge on any atom is -0.394 e. The maximum Gasteiger partial charge on any atom is 0.0770 e. The first-order chi connectivity index (χ1) is 10.9. The van der Waals surface area contributed by atoms with Gasteiger partial charge in [-0.05, 0) is 29.7 Å². The molecule has 3 heteroatoms. The molecule has 2 aromatic carbocycles. The van der Waals surface area contributed by atoms with Gasteiger partial charge >= 0.3 is 0 Å². The molecular weight excluding hydrogens is 272 g/mol. The summed E-state index contributed by atoms with van der Waals surface area (Å²) in [5.74, 6) is 0. The van der Waals surface area contributed by atoms with Gasteiger partial charge in [0, 0.05) is 17.8 Å². The molecule has 1 unspecified atom stereocenters. The molecular formula is C19H18N2O. The molecule has 0 saturated carbocycles. The zero-order valence-electron chi connectivity index (χ0n) is 12.3. The standard InChI is InChI=1S/C10H11NO.C9H7N/c12-7-10-5-8-3-1-2-4-9(8)6-11-10;1-2-6-9-8(4-1)5-3-7-10-9/h1-4,6,10,12H,5,7H2;1-7H. The van der Waals surface area contributed by atoms with Crippen molar-refractivity contribution in [2.75, 3.05) is 6.61 Å². The Morgan fingerprint density at radius 1 is 0.955 bits per heavy atom. The van der Waals surface area contributed by atoms with E-state index in [1.165, 1.54) is 16.5 Å². The molecule has 0 bridgehead atoms. The minimum absolute atomic E-state index is 0.0694. The van der Waals surface area contributed by atoms with Gasteiger partial charge in [0.15, 0.2) is 0 Å². The van der Waals surface area contributed by atoms with Gasteiger partial charge in [0.1, 0.15) is 0 Å². The van der Waals surface area contributed by atoms with Crippen molar-refractivity contribution in [2.45, 2.75) is 12.5 Å². The largest absolute Gasteiger partial charge is 0.394 e. The van der Waals surface area contributed by atoms with Crippen LogP contribution >= 0.6 is 0 Å². The van der Waals surface area contributed by atoms with E-state index in [-0.39, 0.29) is 12.6 Å². The first kappa shape index (κ1) is 14.4. The second-order valence-corrected chi connectivity index (χ2v) is 5.21. The molecule has 0 amide bonds. The molecule has 3 nitrogen and oxygen atoms in total. The molecule has 1 aliphatic heterocycles. The van der Waals surface area contributed by atoms with Crippen molar-refractivity contribution in [3.8, 4) is 0 Å². The summed E-state index contributed by atoms with van der Waals surface area (Å²) in [6.07, 6.45) is 4.52. The van der Waals surface area contributed by atoms with Crippen LogP contribution in [0.25, 0.3) is 10.9 Å². The third-order valence-electron chi connectivity index (χ3n) is 3.66. The van der Waals surface area contributed by atoms with Gasteiger partial charge in [-0.1, -0.05) is 48.5 Å². The van der Waals surface area contributed by atoms with Crippen LogP contribution in [-0.2, 0) is 6.42 Å². The lowest BCUT2D eigenvalue weighted by molar-refractivity contribution is 0.265. The normalized spacial score (nSPS) is 15.8. The Labute approximate surface area is 130 Å². The van der Waals surface area contributed by atoms with Gasteiger partial charge in [-0.3, -0.25) is 9.98 Å². The van der Waals surface area contributed by atoms with E-state index < -0.39 is 0 Å². The predicted octanol–water partition coefficient (Wildman–Crippen LogP) is 3.26. The van der Waals surface area contributed by atoms with Crippen LogP contribution in [0.15, 0.2) is 71.9 Å². The SMILES string of the molecule is OCC1Cc2ccccc2C=N1.c1ccc2ncccc2c1. The Balaban J connectivity index is 0.000000133. The lowest BCUT2D eigenvalue weighted by Gasteiger charge is -2.16.